The minimum Gasteiger partial charge on any atom is -0.380 e. The molecule has 10 heavy (non-hydrogen) atoms. The molecular weight excluding hydrogens is 126 g/mol. The predicted octanol–water partition coefficient (Wildman–Crippen LogP) is 0.760. The van der Waals surface area contributed by atoms with Gasteiger partial charge in [0.1, 0.15) is 0 Å². The summed E-state index contributed by atoms with van der Waals surface area (Å²) in [4.78, 5) is 0. The zero-order valence-corrected chi connectivity index (χ0v) is 6.25. The quantitative estimate of drug-likeness (QED) is 0.585. The maximum absolute atomic E-state index is 5.89. The lowest BCUT2D eigenvalue weighted by Gasteiger charge is -2.28. The fraction of sp³-hybridized carbons (Fsp3) is 1.00. The molecule has 2 atom stereocenters. The van der Waals surface area contributed by atoms with Gasteiger partial charge in [-0.15, -0.1) is 0 Å². The molecular formula is C8H15NO. The standard InChI is InChI=1S/C8H15NO/c9-8-5-10-4-3-7(8)6-1-2-6/h6-8H,1-5,9H2. The molecule has 0 aromatic rings. The van der Waals surface area contributed by atoms with E-state index in [0.29, 0.717) is 6.04 Å². The average Bonchev–Trinajstić information content (AvgIpc) is 2.71. The molecule has 2 heteroatoms. The second-order valence-corrected chi connectivity index (χ2v) is 3.53. The first kappa shape index (κ1) is 6.62. The van der Waals surface area contributed by atoms with E-state index in [9.17, 15) is 0 Å². The van der Waals surface area contributed by atoms with Crippen LogP contribution in [0.15, 0.2) is 0 Å². The molecule has 2 aliphatic rings. The Morgan fingerprint density at radius 1 is 1.20 bits per heavy atom. The zero-order valence-electron chi connectivity index (χ0n) is 6.25. The van der Waals surface area contributed by atoms with Gasteiger partial charge >= 0.3 is 0 Å². The van der Waals surface area contributed by atoms with E-state index in [1.54, 1.807) is 0 Å². The topological polar surface area (TPSA) is 35.2 Å². The first-order valence-electron chi connectivity index (χ1n) is 4.21. The van der Waals surface area contributed by atoms with Crippen LogP contribution in [0.2, 0.25) is 0 Å². The first-order valence-corrected chi connectivity index (χ1v) is 4.21. The molecule has 1 heterocycles. The highest BCUT2D eigenvalue weighted by Crippen LogP contribution is 2.40. The van der Waals surface area contributed by atoms with Crippen LogP contribution < -0.4 is 5.73 Å². The van der Waals surface area contributed by atoms with Crippen molar-refractivity contribution < 1.29 is 4.74 Å². The maximum atomic E-state index is 5.89. The summed E-state index contributed by atoms with van der Waals surface area (Å²) in [6.45, 7) is 1.73. The Balaban J connectivity index is 1.90. The number of nitrogens with two attached hydrogens (primary N) is 1. The van der Waals surface area contributed by atoms with Crippen molar-refractivity contribution in [1.29, 1.82) is 0 Å². The number of ether oxygens (including phenoxy) is 1. The molecule has 1 aliphatic heterocycles. The predicted molar refractivity (Wildman–Crippen MR) is 39.6 cm³/mol. The highest BCUT2D eigenvalue weighted by atomic mass is 16.5. The van der Waals surface area contributed by atoms with E-state index < -0.39 is 0 Å². The molecule has 58 valence electrons. The maximum Gasteiger partial charge on any atom is 0.0620 e. The summed E-state index contributed by atoms with van der Waals surface area (Å²) >= 11 is 0. The lowest BCUT2D eigenvalue weighted by molar-refractivity contribution is 0.0423. The van der Waals surface area contributed by atoms with Crippen LogP contribution in [0.3, 0.4) is 0 Å². The lowest BCUT2D eigenvalue weighted by Crippen LogP contribution is -2.40. The smallest absolute Gasteiger partial charge is 0.0620 e. The number of rotatable bonds is 1. The first-order chi connectivity index (χ1) is 4.88. The van der Waals surface area contributed by atoms with E-state index in [1.165, 1.54) is 19.3 Å². The molecule has 1 saturated heterocycles. The van der Waals surface area contributed by atoms with Gasteiger partial charge in [-0.2, -0.15) is 0 Å². The summed E-state index contributed by atoms with van der Waals surface area (Å²) in [6.07, 6.45) is 4.03. The highest BCUT2D eigenvalue weighted by Gasteiger charge is 2.36. The molecule has 2 fully saturated rings. The van der Waals surface area contributed by atoms with Crippen molar-refractivity contribution in [3.05, 3.63) is 0 Å². The van der Waals surface area contributed by atoms with Crippen molar-refractivity contribution in [2.24, 2.45) is 17.6 Å². The molecule has 2 unspecified atom stereocenters. The minimum atomic E-state index is 0.334. The molecule has 0 spiro atoms. The van der Waals surface area contributed by atoms with Crippen molar-refractivity contribution in [3.8, 4) is 0 Å². The lowest BCUT2D eigenvalue weighted by atomic mass is 9.91. The van der Waals surface area contributed by atoms with Gasteiger partial charge in [0.2, 0.25) is 0 Å². The Bertz CT molecular complexity index is 122. The van der Waals surface area contributed by atoms with Crippen LogP contribution >= 0.6 is 0 Å². The fourth-order valence-corrected chi connectivity index (χ4v) is 1.89. The summed E-state index contributed by atoms with van der Waals surface area (Å²) in [7, 11) is 0. The van der Waals surface area contributed by atoms with Crippen LogP contribution in [-0.4, -0.2) is 19.3 Å². The zero-order chi connectivity index (χ0) is 6.97. The third kappa shape index (κ3) is 1.18. The molecule has 0 aromatic carbocycles. The Labute approximate surface area is 61.7 Å². The summed E-state index contributed by atoms with van der Waals surface area (Å²) in [5, 5.41) is 0. The summed E-state index contributed by atoms with van der Waals surface area (Å²) < 4.78 is 5.26. The fourth-order valence-electron chi connectivity index (χ4n) is 1.89. The summed E-state index contributed by atoms with van der Waals surface area (Å²) in [5.41, 5.74) is 5.89. The van der Waals surface area contributed by atoms with Gasteiger partial charge in [0, 0.05) is 12.6 Å². The Morgan fingerprint density at radius 2 is 2.00 bits per heavy atom. The molecule has 1 aliphatic carbocycles. The number of hydrogen-bond donors (Lipinski definition) is 1. The second kappa shape index (κ2) is 2.51. The molecule has 0 radical (unpaired) electrons. The largest absolute Gasteiger partial charge is 0.380 e. The molecule has 0 aromatic heterocycles. The van der Waals surface area contributed by atoms with E-state index in [1.807, 2.05) is 0 Å². The third-order valence-electron chi connectivity index (χ3n) is 2.68. The second-order valence-electron chi connectivity index (χ2n) is 3.53. The van der Waals surface area contributed by atoms with Gasteiger partial charge in [0.25, 0.3) is 0 Å². The molecule has 0 bridgehead atoms. The van der Waals surface area contributed by atoms with Crippen molar-refractivity contribution in [2.45, 2.75) is 25.3 Å². The average molecular weight is 141 g/mol. The van der Waals surface area contributed by atoms with Crippen LogP contribution in [0.25, 0.3) is 0 Å². The normalized spacial score (nSPS) is 41.7. The SMILES string of the molecule is NC1COCCC1C1CC1. The van der Waals surface area contributed by atoms with Gasteiger partial charge in [-0.1, -0.05) is 0 Å². The highest BCUT2D eigenvalue weighted by molar-refractivity contribution is 4.88. The third-order valence-corrected chi connectivity index (χ3v) is 2.68. The summed E-state index contributed by atoms with van der Waals surface area (Å²) in [5.74, 6) is 1.74. The van der Waals surface area contributed by atoms with Crippen molar-refractivity contribution in [3.63, 3.8) is 0 Å². The van der Waals surface area contributed by atoms with Gasteiger partial charge in [0.15, 0.2) is 0 Å². The van der Waals surface area contributed by atoms with Gasteiger partial charge in [-0.25, -0.2) is 0 Å². The number of hydrogen-bond acceptors (Lipinski definition) is 2. The van der Waals surface area contributed by atoms with Crippen molar-refractivity contribution in [1.82, 2.24) is 0 Å². The van der Waals surface area contributed by atoms with Crippen molar-refractivity contribution in [2.75, 3.05) is 13.2 Å². The van der Waals surface area contributed by atoms with E-state index in [-0.39, 0.29) is 0 Å². The Kier molecular flexibility index (Phi) is 1.66. The van der Waals surface area contributed by atoms with Gasteiger partial charge in [-0.05, 0) is 31.1 Å². The van der Waals surface area contributed by atoms with Crippen LogP contribution in [-0.2, 0) is 4.74 Å². The van der Waals surface area contributed by atoms with E-state index in [2.05, 4.69) is 0 Å². The Morgan fingerprint density at radius 3 is 2.60 bits per heavy atom. The monoisotopic (exact) mass is 141 g/mol. The van der Waals surface area contributed by atoms with Gasteiger partial charge in [-0.3, -0.25) is 0 Å². The van der Waals surface area contributed by atoms with Crippen LogP contribution in [0.4, 0.5) is 0 Å². The van der Waals surface area contributed by atoms with Gasteiger partial charge in [0.05, 0.1) is 6.61 Å². The van der Waals surface area contributed by atoms with Crippen LogP contribution in [0, 0.1) is 11.8 Å². The van der Waals surface area contributed by atoms with Crippen LogP contribution in [0.1, 0.15) is 19.3 Å². The molecule has 2 N–H and O–H groups in total. The van der Waals surface area contributed by atoms with E-state index in [4.69, 9.17) is 10.5 Å². The van der Waals surface area contributed by atoms with Gasteiger partial charge < -0.3 is 10.5 Å². The Hall–Kier alpha value is -0.0800. The molecule has 2 rings (SSSR count). The van der Waals surface area contributed by atoms with E-state index >= 15 is 0 Å². The van der Waals surface area contributed by atoms with E-state index in [0.717, 1.165) is 25.0 Å². The van der Waals surface area contributed by atoms with Crippen LogP contribution in [0.5, 0.6) is 0 Å². The minimum absolute atomic E-state index is 0.334. The van der Waals surface area contributed by atoms with Crippen molar-refractivity contribution >= 4 is 0 Å². The molecule has 0 amide bonds. The molecule has 1 saturated carbocycles. The molecule has 2 nitrogen and oxygen atoms in total. The summed E-state index contributed by atoms with van der Waals surface area (Å²) in [6, 6.07) is 0.334.